The van der Waals surface area contributed by atoms with Gasteiger partial charge in [0.2, 0.25) is 5.91 Å². The number of alkyl halides is 3. The number of amides is 1. The molecular formula is C14H17F3N2O4. The summed E-state index contributed by atoms with van der Waals surface area (Å²) in [4.78, 5) is 23.6. The van der Waals surface area contributed by atoms with E-state index in [1.54, 1.807) is 11.9 Å². The number of hydrogen-bond acceptors (Lipinski definition) is 4. The summed E-state index contributed by atoms with van der Waals surface area (Å²) in [5, 5.41) is 11.1. The summed E-state index contributed by atoms with van der Waals surface area (Å²) in [6.45, 7) is 0.423. The van der Waals surface area contributed by atoms with E-state index in [4.69, 9.17) is 5.11 Å². The zero-order chi connectivity index (χ0) is 17.5. The van der Waals surface area contributed by atoms with Crippen molar-refractivity contribution >= 4 is 11.9 Å². The molecule has 0 saturated heterocycles. The molecular weight excluding hydrogens is 317 g/mol. The van der Waals surface area contributed by atoms with E-state index < -0.39 is 12.3 Å². The Balaban J connectivity index is 2.37. The molecule has 23 heavy (non-hydrogen) atoms. The molecule has 0 spiro atoms. The second-order valence-corrected chi connectivity index (χ2v) is 4.85. The van der Waals surface area contributed by atoms with E-state index in [1.807, 2.05) is 0 Å². The standard InChI is InChI=1S/C14H17F3N2O4/c1-19(7-6-13(21)22)9-12(20)18-8-10-2-4-11(5-3-10)23-14(15,16)17/h2-5H,6-9H2,1H3,(H,18,20)(H,21,22). The van der Waals surface area contributed by atoms with Gasteiger partial charge in [0.15, 0.2) is 0 Å². The number of ether oxygens (including phenoxy) is 1. The summed E-state index contributed by atoms with van der Waals surface area (Å²) >= 11 is 0. The van der Waals surface area contributed by atoms with Crippen molar-refractivity contribution in [3.8, 4) is 5.75 Å². The second kappa shape index (κ2) is 8.37. The first-order valence-corrected chi connectivity index (χ1v) is 6.67. The van der Waals surface area contributed by atoms with E-state index in [-0.39, 0.29) is 37.7 Å². The molecule has 0 unspecified atom stereocenters. The van der Waals surface area contributed by atoms with Gasteiger partial charge in [-0.3, -0.25) is 14.5 Å². The van der Waals surface area contributed by atoms with Gasteiger partial charge in [0.1, 0.15) is 5.75 Å². The number of hydrogen-bond donors (Lipinski definition) is 2. The number of benzene rings is 1. The Hall–Kier alpha value is -2.29. The van der Waals surface area contributed by atoms with Gasteiger partial charge in [0, 0.05) is 13.1 Å². The molecule has 1 amide bonds. The molecule has 2 N–H and O–H groups in total. The lowest BCUT2D eigenvalue weighted by atomic mass is 10.2. The predicted octanol–water partition coefficient (Wildman–Crippen LogP) is 1.61. The Bertz CT molecular complexity index is 532. The number of aliphatic carboxylic acids is 1. The van der Waals surface area contributed by atoms with Crippen LogP contribution in [0.3, 0.4) is 0 Å². The number of likely N-dealkylation sites (N-methyl/N-ethyl adjacent to an activating group) is 1. The number of carboxylic acids is 1. The number of halogens is 3. The SMILES string of the molecule is CN(CCC(=O)O)CC(=O)NCc1ccc(OC(F)(F)F)cc1. The number of carbonyl (C=O) groups excluding carboxylic acids is 1. The van der Waals surface area contributed by atoms with Crippen LogP contribution in [0.4, 0.5) is 13.2 Å². The van der Waals surface area contributed by atoms with Gasteiger partial charge in [0.25, 0.3) is 0 Å². The van der Waals surface area contributed by atoms with Gasteiger partial charge in [-0.1, -0.05) is 12.1 Å². The van der Waals surface area contributed by atoms with Gasteiger partial charge in [-0.05, 0) is 24.7 Å². The maximum atomic E-state index is 12.0. The Morgan fingerprint density at radius 2 is 1.87 bits per heavy atom. The topological polar surface area (TPSA) is 78.9 Å². The van der Waals surface area contributed by atoms with E-state index in [1.165, 1.54) is 12.1 Å². The number of nitrogens with one attached hydrogen (secondary N) is 1. The highest BCUT2D eigenvalue weighted by atomic mass is 19.4. The summed E-state index contributed by atoms with van der Waals surface area (Å²) < 4.78 is 39.8. The van der Waals surface area contributed by atoms with Gasteiger partial charge in [-0.15, -0.1) is 13.2 Å². The minimum Gasteiger partial charge on any atom is -0.481 e. The molecule has 0 heterocycles. The summed E-state index contributed by atoms with van der Waals surface area (Å²) in [7, 11) is 1.62. The van der Waals surface area contributed by atoms with Crippen molar-refractivity contribution in [3.05, 3.63) is 29.8 Å². The molecule has 0 aromatic heterocycles. The highest BCUT2D eigenvalue weighted by molar-refractivity contribution is 5.78. The molecule has 1 rings (SSSR count). The van der Waals surface area contributed by atoms with E-state index in [9.17, 15) is 22.8 Å². The first kappa shape index (κ1) is 18.8. The first-order chi connectivity index (χ1) is 10.7. The summed E-state index contributed by atoms with van der Waals surface area (Å²) in [5.41, 5.74) is 0.612. The van der Waals surface area contributed by atoms with Crippen LogP contribution < -0.4 is 10.1 Å². The lowest BCUT2D eigenvalue weighted by Crippen LogP contribution is -2.35. The van der Waals surface area contributed by atoms with Crippen LogP contribution in [0.2, 0.25) is 0 Å². The van der Waals surface area contributed by atoms with Crippen molar-refractivity contribution in [2.24, 2.45) is 0 Å². The lowest BCUT2D eigenvalue weighted by molar-refractivity contribution is -0.274. The molecule has 0 radical (unpaired) electrons. The maximum Gasteiger partial charge on any atom is 0.573 e. The van der Waals surface area contributed by atoms with Crippen molar-refractivity contribution in [2.45, 2.75) is 19.3 Å². The molecule has 128 valence electrons. The lowest BCUT2D eigenvalue weighted by Gasteiger charge is -2.15. The molecule has 1 aromatic rings. The molecule has 1 aromatic carbocycles. The number of nitrogens with zero attached hydrogens (tertiary/aromatic N) is 1. The monoisotopic (exact) mass is 334 g/mol. The number of rotatable bonds is 8. The molecule has 0 atom stereocenters. The smallest absolute Gasteiger partial charge is 0.481 e. The fourth-order valence-electron chi connectivity index (χ4n) is 1.68. The van der Waals surface area contributed by atoms with Crippen molar-refractivity contribution in [1.29, 1.82) is 0 Å². The Kier molecular flexibility index (Phi) is 6.83. The van der Waals surface area contributed by atoms with Crippen LogP contribution in [-0.2, 0) is 16.1 Å². The van der Waals surface area contributed by atoms with E-state index in [0.717, 1.165) is 12.1 Å². The number of carboxylic acid groups (broad SMARTS) is 1. The molecule has 0 aliphatic heterocycles. The Morgan fingerprint density at radius 3 is 2.39 bits per heavy atom. The Labute approximate surface area is 130 Å². The third-order valence-corrected chi connectivity index (χ3v) is 2.77. The van der Waals surface area contributed by atoms with Crippen molar-refractivity contribution in [1.82, 2.24) is 10.2 Å². The molecule has 9 heteroatoms. The van der Waals surface area contributed by atoms with Crippen LogP contribution in [0.5, 0.6) is 5.75 Å². The highest BCUT2D eigenvalue weighted by Gasteiger charge is 2.30. The normalized spacial score (nSPS) is 11.3. The van der Waals surface area contributed by atoms with Crippen LogP contribution in [0.1, 0.15) is 12.0 Å². The largest absolute Gasteiger partial charge is 0.573 e. The molecule has 6 nitrogen and oxygen atoms in total. The van der Waals surface area contributed by atoms with Crippen LogP contribution in [0, 0.1) is 0 Å². The van der Waals surface area contributed by atoms with Crippen LogP contribution >= 0.6 is 0 Å². The fourth-order valence-corrected chi connectivity index (χ4v) is 1.68. The van der Waals surface area contributed by atoms with Crippen LogP contribution in [-0.4, -0.2) is 48.4 Å². The molecule has 0 saturated carbocycles. The minimum absolute atomic E-state index is 0.0303. The second-order valence-electron chi connectivity index (χ2n) is 4.85. The number of carbonyl (C=O) groups is 2. The van der Waals surface area contributed by atoms with Crippen LogP contribution in [0.15, 0.2) is 24.3 Å². The van der Waals surface area contributed by atoms with E-state index >= 15 is 0 Å². The average molecular weight is 334 g/mol. The molecule has 0 aliphatic rings. The highest BCUT2D eigenvalue weighted by Crippen LogP contribution is 2.22. The van der Waals surface area contributed by atoms with Crippen LogP contribution in [0.25, 0.3) is 0 Å². The minimum atomic E-state index is -4.74. The van der Waals surface area contributed by atoms with Crippen molar-refractivity contribution in [2.75, 3.05) is 20.1 Å². The van der Waals surface area contributed by atoms with Gasteiger partial charge < -0.3 is 15.2 Å². The summed E-state index contributed by atoms with van der Waals surface area (Å²) in [5.74, 6) is -1.59. The Morgan fingerprint density at radius 1 is 1.26 bits per heavy atom. The molecule has 0 aliphatic carbocycles. The molecule has 0 fully saturated rings. The van der Waals surface area contributed by atoms with E-state index in [2.05, 4.69) is 10.1 Å². The first-order valence-electron chi connectivity index (χ1n) is 6.67. The van der Waals surface area contributed by atoms with Gasteiger partial charge >= 0.3 is 12.3 Å². The molecule has 0 bridgehead atoms. The van der Waals surface area contributed by atoms with Gasteiger partial charge in [0.05, 0.1) is 13.0 Å². The third kappa shape index (κ3) is 8.67. The summed E-state index contributed by atoms with van der Waals surface area (Å²) in [6.07, 6.45) is -4.80. The third-order valence-electron chi connectivity index (χ3n) is 2.77. The summed E-state index contributed by atoms with van der Waals surface area (Å²) in [6, 6.07) is 5.15. The maximum absolute atomic E-state index is 12.0. The zero-order valence-electron chi connectivity index (χ0n) is 12.4. The fraction of sp³-hybridized carbons (Fsp3) is 0.429. The average Bonchev–Trinajstić information content (AvgIpc) is 2.43. The quantitative estimate of drug-likeness (QED) is 0.755. The zero-order valence-corrected chi connectivity index (χ0v) is 12.4. The van der Waals surface area contributed by atoms with Crippen molar-refractivity contribution in [3.63, 3.8) is 0 Å². The van der Waals surface area contributed by atoms with E-state index in [0.29, 0.717) is 5.56 Å². The predicted molar refractivity (Wildman–Crippen MR) is 74.7 cm³/mol. The van der Waals surface area contributed by atoms with Gasteiger partial charge in [-0.25, -0.2) is 0 Å². The van der Waals surface area contributed by atoms with Gasteiger partial charge in [-0.2, -0.15) is 0 Å². The van der Waals surface area contributed by atoms with Crippen molar-refractivity contribution < 1.29 is 32.6 Å².